The van der Waals surface area contributed by atoms with Crippen LogP contribution in [0, 0.1) is 6.92 Å². The van der Waals surface area contributed by atoms with Gasteiger partial charge in [-0.1, -0.05) is 121 Å². The predicted octanol–water partition coefficient (Wildman–Crippen LogP) is 7.28. The molecule has 35 heavy (non-hydrogen) atoms. The minimum Gasteiger partial charge on any atom is -0.476 e. The van der Waals surface area contributed by atoms with Crippen LogP contribution in [0.1, 0.15) is 45.3 Å². The van der Waals surface area contributed by atoms with Gasteiger partial charge in [0.05, 0.1) is 11.4 Å². The number of hydrogen-bond donors (Lipinski definition) is 0. The van der Waals surface area contributed by atoms with E-state index in [1.165, 1.54) is 11.1 Å². The van der Waals surface area contributed by atoms with E-state index in [9.17, 15) is 0 Å². The molecule has 2 heterocycles. The molecular formula is C32H26N2O. The molecule has 0 N–H and O–H groups in total. The number of benzene rings is 4. The van der Waals surface area contributed by atoms with Crippen molar-refractivity contribution in [2.24, 2.45) is 0 Å². The molecule has 0 saturated heterocycles. The fourth-order valence-electron chi connectivity index (χ4n) is 4.86. The first-order valence-corrected chi connectivity index (χ1v) is 12.0. The van der Waals surface area contributed by atoms with E-state index in [0.717, 1.165) is 46.0 Å². The Morgan fingerprint density at radius 3 is 1.86 bits per heavy atom. The average molecular weight is 455 g/mol. The van der Waals surface area contributed by atoms with Gasteiger partial charge in [0.2, 0.25) is 0 Å². The molecule has 3 heteroatoms. The van der Waals surface area contributed by atoms with E-state index in [2.05, 4.69) is 115 Å². The summed E-state index contributed by atoms with van der Waals surface area (Å²) in [6, 6.07) is 41.8. The third kappa shape index (κ3) is 3.95. The van der Waals surface area contributed by atoms with Gasteiger partial charge < -0.3 is 4.74 Å². The molecule has 6 rings (SSSR count). The van der Waals surface area contributed by atoms with Crippen LogP contribution in [0.4, 0.5) is 0 Å². The van der Waals surface area contributed by atoms with Crippen molar-refractivity contribution < 1.29 is 4.74 Å². The molecule has 1 aromatic heterocycles. The van der Waals surface area contributed by atoms with Gasteiger partial charge in [-0.25, -0.2) is 4.68 Å². The molecule has 0 aliphatic carbocycles. The lowest BCUT2D eigenvalue weighted by Crippen LogP contribution is -2.22. The predicted molar refractivity (Wildman–Crippen MR) is 141 cm³/mol. The van der Waals surface area contributed by atoms with Crippen LogP contribution < -0.4 is 0 Å². The summed E-state index contributed by atoms with van der Waals surface area (Å²) in [4.78, 5) is 0. The molecule has 1 aliphatic rings. The number of aromatic nitrogens is 2. The molecule has 0 radical (unpaired) electrons. The number of ether oxygens (including phenoxy) is 1. The number of nitrogens with zero attached hydrogens (tertiary/aromatic N) is 2. The summed E-state index contributed by atoms with van der Waals surface area (Å²) in [7, 11) is 0. The van der Waals surface area contributed by atoms with E-state index in [-0.39, 0.29) is 6.10 Å². The van der Waals surface area contributed by atoms with E-state index in [0.29, 0.717) is 0 Å². The van der Waals surface area contributed by atoms with Crippen LogP contribution in [0.15, 0.2) is 121 Å². The molecule has 0 spiro atoms. The second-order valence-corrected chi connectivity index (χ2v) is 8.84. The maximum Gasteiger partial charge on any atom is 0.166 e. The molecule has 170 valence electrons. The maximum absolute atomic E-state index is 6.96. The summed E-state index contributed by atoms with van der Waals surface area (Å²) >= 11 is 0. The normalized spacial score (nSPS) is 14.9. The highest BCUT2D eigenvalue weighted by Gasteiger charge is 2.35. The summed E-state index contributed by atoms with van der Waals surface area (Å²) in [6.45, 7) is 2.11. The van der Waals surface area contributed by atoms with E-state index in [1.807, 2.05) is 18.2 Å². The standard InChI is InChI=1S/C32H26N2O/c1-23-28(22-24-14-6-2-7-15-24)30-32(27-20-12-5-13-21-27)35-31(26-18-10-4-11-19-26)29(34(30)33-23)25-16-8-3-9-17-25/h2-21,32H,22H2,1H3. The molecule has 1 unspecified atom stereocenters. The lowest BCUT2D eigenvalue weighted by atomic mass is 9.95. The van der Waals surface area contributed by atoms with Gasteiger partial charge in [-0.2, -0.15) is 5.10 Å². The van der Waals surface area contributed by atoms with Crippen LogP contribution in [0.2, 0.25) is 0 Å². The molecule has 0 amide bonds. The van der Waals surface area contributed by atoms with E-state index < -0.39 is 0 Å². The second-order valence-electron chi connectivity index (χ2n) is 8.84. The molecule has 1 atom stereocenters. The highest BCUT2D eigenvalue weighted by atomic mass is 16.5. The summed E-state index contributed by atoms with van der Waals surface area (Å²) in [5, 5.41) is 5.14. The Morgan fingerprint density at radius 1 is 0.686 bits per heavy atom. The van der Waals surface area contributed by atoms with Gasteiger partial charge in [0.1, 0.15) is 5.70 Å². The number of hydrogen-bond acceptors (Lipinski definition) is 2. The van der Waals surface area contributed by atoms with Crippen LogP contribution in [0.5, 0.6) is 0 Å². The minimum absolute atomic E-state index is 0.265. The zero-order chi connectivity index (χ0) is 23.6. The monoisotopic (exact) mass is 454 g/mol. The van der Waals surface area contributed by atoms with Crippen LogP contribution in [0.25, 0.3) is 11.5 Å². The van der Waals surface area contributed by atoms with Crippen molar-refractivity contribution in [3.05, 3.63) is 161 Å². The zero-order valence-corrected chi connectivity index (χ0v) is 19.6. The summed E-state index contributed by atoms with van der Waals surface area (Å²) in [6.07, 6.45) is 0.538. The molecule has 5 aromatic rings. The van der Waals surface area contributed by atoms with Crippen LogP contribution >= 0.6 is 0 Å². The molecule has 0 fully saturated rings. The molecular weight excluding hydrogens is 428 g/mol. The largest absolute Gasteiger partial charge is 0.476 e. The van der Waals surface area contributed by atoms with Gasteiger partial charge in [-0.05, 0) is 18.1 Å². The second kappa shape index (κ2) is 9.11. The van der Waals surface area contributed by atoms with Gasteiger partial charge in [0.25, 0.3) is 0 Å². The Labute approximate surface area is 206 Å². The smallest absolute Gasteiger partial charge is 0.166 e. The zero-order valence-electron chi connectivity index (χ0n) is 19.6. The van der Waals surface area contributed by atoms with Crippen LogP contribution in [-0.2, 0) is 11.2 Å². The van der Waals surface area contributed by atoms with Gasteiger partial charge in [-0.3, -0.25) is 0 Å². The lowest BCUT2D eigenvalue weighted by Gasteiger charge is -2.31. The van der Waals surface area contributed by atoms with Gasteiger partial charge in [0, 0.05) is 23.1 Å². The summed E-state index contributed by atoms with van der Waals surface area (Å²) in [5.41, 5.74) is 8.79. The van der Waals surface area contributed by atoms with Crippen molar-refractivity contribution in [3.63, 3.8) is 0 Å². The molecule has 3 nitrogen and oxygen atoms in total. The van der Waals surface area contributed by atoms with Crippen molar-refractivity contribution in [1.82, 2.24) is 9.78 Å². The Morgan fingerprint density at radius 2 is 1.23 bits per heavy atom. The van der Waals surface area contributed by atoms with Gasteiger partial charge in [0.15, 0.2) is 11.9 Å². The Hall–Kier alpha value is -4.37. The Kier molecular flexibility index (Phi) is 5.51. The highest BCUT2D eigenvalue weighted by Crippen LogP contribution is 2.44. The fourth-order valence-corrected chi connectivity index (χ4v) is 4.86. The highest BCUT2D eigenvalue weighted by molar-refractivity contribution is 5.89. The quantitative estimate of drug-likeness (QED) is 0.279. The lowest BCUT2D eigenvalue weighted by molar-refractivity contribution is 0.191. The molecule has 1 aliphatic heterocycles. The van der Waals surface area contributed by atoms with Crippen molar-refractivity contribution in [2.75, 3.05) is 0 Å². The minimum atomic E-state index is -0.265. The molecule has 4 aromatic carbocycles. The summed E-state index contributed by atoms with van der Waals surface area (Å²) in [5.74, 6) is 0.840. The maximum atomic E-state index is 6.96. The first-order valence-electron chi connectivity index (χ1n) is 12.0. The first-order chi connectivity index (χ1) is 17.3. The Balaban J connectivity index is 1.63. The molecule has 0 saturated carbocycles. The SMILES string of the molecule is Cc1nn2c(c1Cc1ccccc1)C(c1ccccc1)OC(c1ccccc1)=C2c1ccccc1. The topological polar surface area (TPSA) is 27.1 Å². The van der Waals surface area contributed by atoms with Crippen molar-refractivity contribution >= 4 is 11.5 Å². The first kappa shape index (κ1) is 21.2. The van der Waals surface area contributed by atoms with Gasteiger partial charge in [-0.15, -0.1) is 0 Å². The van der Waals surface area contributed by atoms with Crippen molar-refractivity contribution in [3.8, 4) is 0 Å². The van der Waals surface area contributed by atoms with E-state index in [4.69, 9.17) is 9.84 Å². The van der Waals surface area contributed by atoms with Crippen LogP contribution in [0.3, 0.4) is 0 Å². The third-order valence-corrected chi connectivity index (χ3v) is 6.54. The number of rotatable bonds is 5. The van der Waals surface area contributed by atoms with Crippen molar-refractivity contribution in [2.45, 2.75) is 19.4 Å². The Bertz CT molecular complexity index is 1470. The summed E-state index contributed by atoms with van der Waals surface area (Å²) < 4.78 is 9.09. The number of aryl methyl sites for hydroxylation is 1. The van der Waals surface area contributed by atoms with E-state index >= 15 is 0 Å². The van der Waals surface area contributed by atoms with Crippen LogP contribution in [-0.4, -0.2) is 9.78 Å². The van der Waals surface area contributed by atoms with E-state index in [1.54, 1.807) is 0 Å². The van der Waals surface area contributed by atoms with Gasteiger partial charge >= 0.3 is 0 Å². The fraction of sp³-hybridized carbons (Fsp3) is 0.0938. The average Bonchev–Trinajstić information content (AvgIpc) is 3.25. The number of fused-ring (bicyclic) bond motifs is 1. The molecule has 0 bridgehead atoms. The van der Waals surface area contributed by atoms with Crippen molar-refractivity contribution in [1.29, 1.82) is 0 Å². The third-order valence-electron chi connectivity index (χ3n) is 6.54.